The van der Waals surface area contributed by atoms with Crippen molar-refractivity contribution in [3.05, 3.63) is 58.4 Å². The lowest BCUT2D eigenvalue weighted by molar-refractivity contribution is 0.191. The summed E-state index contributed by atoms with van der Waals surface area (Å²) < 4.78 is 0. The normalized spacial score (nSPS) is 17.3. The molecule has 0 saturated carbocycles. The van der Waals surface area contributed by atoms with E-state index in [1.54, 1.807) is 6.07 Å². The maximum absolute atomic E-state index is 12.7. The van der Waals surface area contributed by atoms with Crippen LogP contribution in [0.25, 0.3) is 11.0 Å². The first-order chi connectivity index (χ1) is 13.0. The highest BCUT2D eigenvalue weighted by atomic mass is 35.5. The molecule has 3 aromatic rings. The molecule has 6 heteroatoms. The molecular weight excluding hydrogens is 360 g/mol. The number of likely N-dealkylation sites (tertiary alicyclic amines) is 1. The number of benzene rings is 2. The minimum absolute atomic E-state index is 0.115. The van der Waals surface area contributed by atoms with E-state index < -0.39 is 0 Å². The van der Waals surface area contributed by atoms with Crippen LogP contribution in [0.4, 0.5) is 10.5 Å². The van der Waals surface area contributed by atoms with E-state index in [0.717, 1.165) is 36.2 Å². The zero-order valence-electron chi connectivity index (χ0n) is 15.6. The number of aromatic nitrogens is 2. The van der Waals surface area contributed by atoms with Crippen LogP contribution >= 0.6 is 11.6 Å². The Balaban J connectivity index is 1.51. The van der Waals surface area contributed by atoms with Gasteiger partial charge in [-0.2, -0.15) is 0 Å². The highest BCUT2D eigenvalue weighted by Crippen LogP contribution is 2.28. The second kappa shape index (κ2) is 7.24. The number of para-hydroxylation sites is 1. The summed E-state index contributed by atoms with van der Waals surface area (Å²) in [5.41, 5.74) is 5.18. The lowest BCUT2D eigenvalue weighted by atomic mass is 9.97. The van der Waals surface area contributed by atoms with Gasteiger partial charge in [0.1, 0.15) is 5.82 Å². The van der Waals surface area contributed by atoms with E-state index in [-0.39, 0.29) is 11.9 Å². The molecule has 2 amide bonds. The van der Waals surface area contributed by atoms with Gasteiger partial charge in [-0.1, -0.05) is 23.7 Å². The number of aryl methyl sites for hydroxylation is 2. The number of carbonyl (C=O) groups excluding carboxylic acids is 1. The van der Waals surface area contributed by atoms with E-state index >= 15 is 0 Å². The number of piperidine rings is 1. The number of urea groups is 1. The van der Waals surface area contributed by atoms with Gasteiger partial charge in [0.2, 0.25) is 0 Å². The van der Waals surface area contributed by atoms with Crippen molar-refractivity contribution in [1.29, 1.82) is 0 Å². The number of halogens is 1. The van der Waals surface area contributed by atoms with Gasteiger partial charge in [0, 0.05) is 19.0 Å². The number of imidazole rings is 1. The quantitative estimate of drug-likeness (QED) is 0.636. The predicted octanol–water partition coefficient (Wildman–Crippen LogP) is 5.24. The van der Waals surface area contributed by atoms with Crippen molar-refractivity contribution < 1.29 is 4.79 Å². The topological polar surface area (TPSA) is 61.0 Å². The van der Waals surface area contributed by atoms with Crippen LogP contribution in [0, 0.1) is 13.8 Å². The fraction of sp³-hybridized carbons (Fsp3) is 0.333. The van der Waals surface area contributed by atoms with E-state index in [4.69, 9.17) is 16.6 Å². The Hall–Kier alpha value is -2.53. The largest absolute Gasteiger partial charge is 0.342 e. The van der Waals surface area contributed by atoms with E-state index in [1.807, 2.05) is 23.1 Å². The Morgan fingerprint density at radius 3 is 2.85 bits per heavy atom. The highest BCUT2D eigenvalue weighted by Gasteiger charge is 2.27. The first-order valence-corrected chi connectivity index (χ1v) is 9.66. The predicted molar refractivity (Wildman–Crippen MR) is 110 cm³/mol. The van der Waals surface area contributed by atoms with Crippen molar-refractivity contribution in [3.8, 4) is 0 Å². The van der Waals surface area contributed by atoms with Crippen LogP contribution in [0.5, 0.6) is 0 Å². The van der Waals surface area contributed by atoms with E-state index in [0.29, 0.717) is 17.3 Å². The Morgan fingerprint density at radius 1 is 1.26 bits per heavy atom. The van der Waals surface area contributed by atoms with Crippen LogP contribution < -0.4 is 5.32 Å². The number of fused-ring (bicyclic) bond motifs is 1. The van der Waals surface area contributed by atoms with Crippen molar-refractivity contribution in [1.82, 2.24) is 14.9 Å². The van der Waals surface area contributed by atoms with Gasteiger partial charge >= 0.3 is 6.03 Å². The smallest absolute Gasteiger partial charge is 0.321 e. The third-order valence-corrected chi connectivity index (χ3v) is 5.66. The molecule has 4 rings (SSSR count). The standard InChI is InChI=1S/C21H23ClN4O/c1-13-10-18-19(11-14(13)2)24-20(23-18)15-6-5-9-26(12-15)21(27)25-17-8-4-3-7-16(17)22/h3-4,7-8,10-11,15H,5-6,9,12H2,1-2H3,(H,23,24)(H,25,27). The molecule has 1 unspecified atom stereocenters. The fourth-order valence-electron chi connectivity index (χ4n) is 3.62. The molecule has 1 aliphatic rings. The number of H-pyrrole nitrogens is 1. The first kappa shape index (κ1) is 17.9. The van der Waals surface area contributed by atoms with Crippen molar-refractivity contribution >= 4 is 34.4 Å². The summed E-state index contributed by atoms with van der Waals surface area (Å²) in [5, 5.41) is 3.46. The monoisotopic (exact) mass is 382 g/mol. The van der Waals surface area contributed by atoms with Crippen molar-refractivity contribution in [3.63, 3.8) is 0 Å². The number of aromatic amines is 1. The van der Waals surface area contributed by atoms with Crippen molar-refractivity contribution in [2.24, 2.45) is 0 Å². The summed E-state index contributed by atoms with van der Waals surface area (Å²) in [5.74, 6) is 1.18. The van der Waals surface area contributed by atoms with Crippen LogP contribution in [0.3, 0.4) is 0 Å². The molecule has 27 heavy (non-hydrogen) atoms. The molecule has 5 nitrogen and oxygen atoms in total. The number of amides is 2. The van der Waals surface area contributed by atoms with Crippen LogP contribution in [0.1, 0.15) is 35.7 Å². The Labute approximate surface area is 163 Å². The SMILES string of the molecule is Cc1cc2nc(C3CCCN(C(=O)Nc4ccccc4Cl)C3)[nH]c2cc1C. The lowest BCUT2D eigenvalue weighted by Gasteiger charge is -2.32. The second-order valence-electron chi connectivity index (χ2n) is 7.27. The second-order valence-corrected chi connectivity index (χ2v) is 7.68. The molecule has 1 aliphatic heterocycles. The van der Waals surface area contributed by atoms with Gasteiger partial charge < -0.3 is 15.2 Å². The van der Waals surface area contributed by atoms with Gasteiger partial charge in [0.15, 0.2) is 0 Å². The zero-order chi connectivity index (χ0) is 19.0. The number of anilines is 1. The Kier molecular flexibility index (Phi) is 4.79. The molecule has 0 spiro atoms. The number of hydrogen-bond donors (Lipinski definition) is 2. The molecular formula is C21H23ClN4O. The van der Waals surface area contributed by atoms with E-state index in [9.17, 15) is 4.79 Å². The number of nitrogens with one attached hydrogen (secondary N) is 2. The van der Waals surface area contributed by atoms with E-state index in [1.165, 1.54) is 11.1 Å². The number of carbonyl (C=O) groups is 1. The summed E-state index contributed by atoms with van der Waals surface area (Å²) >= 11 is 6.15. The summed E-state index contributed by atoms with van der Waals surface area (Å²) in [6.07, 6.45) is 1.98. The average Bonchev–Trinajstić information content (AvgIpc) is 3.07. The van der Waals surface area contributed by atoms with Crippen LogP contribution in [-0.4, -0.2) is 34.0 Å². The number of hydrogen-bond acceptors (Lipinski definition) is 2. The summed E-state index contributed by atoms with van der Waals surface area (Å²) in [7, 11) is 0. The number of nitrogens with zero attached hydrogens (tertiary/aromatic N) is 2. The third-order valence-electron chi connectivity index (χ3n) is 5.33. The molecule has 0 radical (unpaired) electrons. The van der Waals surface area contributed by atoms with Crippen molar-refractivity contribution in [2.45, 2.75) is 32.6 Å². The Bertz CT molecular complexity index is 958. The molecule has 140 valence electrons. The highest BCUT2D eigenvalue weighted by molar-refractivity contribution is 6.33. The number of rotatable bonds is 2. The maximum Gasteiger partial charge on any atom is 0.321 e. The molecule has 0 bridgehead atoms. The van der Waals surface area contributed by atoms with Crippen LogP contribution in [0.2, 0.25) is 5.02 Å². The fourth-order valence-corrected chi connectivity index (χ4v) is 3.81. The van der Waals surface area contributed by atoms with Gasteiger partial charge in [-0.25, -0.2) is 9.78 Å². The van der Waals surface area contributed by atoms with Crippen LogP contribution in [-0.2, 0) is 0 Å². The molecule has 0 aliphatic carbocycles. The summed E-state index contributed by atoms with van der Waals surface area (Å²) in [6, 6.07) is 11.4. The van der Waals surface area contributed by atoms with Gasteiger partial charge in [0.05, 0.1) is 21.7 Å². The third kappa shape index (κ3) is 3.65. The van der Waals surface area contributed by atoms with Crippen molar-refractivity contribution in [2.75, 3.05) is 18.4 Å². The molecule has 1 fully saturated rings. The van der Waals surface area contributed by atoms with Gasteiger partial charge in [-0.15, -0.1) is 0 Å². The van der Waals surface area contributed by atoms with Gasteiger partial charge in [-0.3, -0.25) is 0 Å². The zero-order valence-corrected chi connectivity index (χ0v) is 16.3. The minimum atomic E-state index is -0.115. The van der Waals surface area contributed by atoms with Crippen LogP contribution in [0.15, 0.2) is 36.4 Å². The van der Waals surface area contributed by atoms with E-state index in [2.05, 4.69) is 36.3 Å². The molecule has 2 heterocycles. The van der Waals surface area contributed by atoms with Gasteiger partial charge in [0.25, 0.3) is 0 Å². The molecule has 1 aromatic heterocycles. The minimum Gasteiger partial charge on any atom is -0.342 e. The first-order valence-electron chi connectivity index (χ1n) is 9.28. The lowest BCUT2D eigenvalue weighted by Crippen LogP contribution is -2.41. The molecule has 1 atom stereocenters. The Morgan fingerprint density at radius 2 is 2.04 bits per heavy atom. The molecule has 2 aromatic carbocycles. The average molecular weight is 383 g/mol. The maximum atomic E-state index is 12.7. The van der Waals surface area contributed by atoms with Gasteiger partial charge in [-0.05, 0) is 62.1 Å². The summed E-state index contributed by atoms with van der Waals surface area (Å²) in [4.78, 5) is 22.8. The summed E-state index contributed by atoms with van der Waals surface area (Å²) in [6.45, 7) is 5.60. The molecule has 2 N–H and O–H groups in total. The molecule has 1 saturated heterocycles.